The van der Waals surface area contributed by atoms with E-state index in [-0.39, 0.29) is 11.7 Å². The van der Waals surface area contributed by atoms with Crippen LogP contribution in [0.25, 0.3) is 0 Å². The number of nitrogens with one attached hydrogen (secondary N) is 3. The van der Waals surface area contributed by atoms with Crippen molar-refractivity contribution in [3.05, 3.63) is 69.2 Å². The first kappa shape index (κ1) is 22.2. The molecular weight excluding hydrogens is 412 g/mol. The summed E-state index contributed by atoms with van der Waals surface area (Å²) in [4.78, 5) is 41.3. The molecule has 0 radical (unpaired) electrons. The summed E-state index contributed by atoms with van der Waals surface area (Å²) in [5.41, 5.74) is 5.40. The van der Waals surface area contributed by atoms with Gasteiger partial charge in [0.15, 0.2) is 10.9 Å². The molecule has 3 N–H and O–H groups in total. The first-order valence-electron chi connectivity index (χ1n) is 9.69. The third-order valence-corrected chi connectivity index (χ3v) is 5.74. The van der Waals surface area contributed by atoms with Crippen LogP contribution in [0.5, 0.6) is 0 Å². The number of Topliss-reactive ketones (excluding diaryl/α,β-unsaturated/α-hetero) is 1. The Morgan fingerprint density at radius 2 is 1.58 bits per heavy atom. The van der Waals surface area contributed by atoms with Gasteiger partial charge in [0.2, 0.25) is 0 Å². The molecule has 0 spiro atoms. The van der Waals surface area contributed by atoms with Gasteiger partial charge in [0, 0.05) is 16.9 Å². The van der Waals surface area contributed by atoms with Gasteiger partial charge in [-0.1, -0.05) is 41.2 Å². The number of hydrogen-bond acceptors (Lipinski definition) is 5. The van der Waals surface area contributed by atoms with Gasteiger partial charge in [0.25, 0.3) is 5.91 Å². The van der Waals surface area contributed by atoms with E-state index in [2.05, 4.69) is 20.9 Å². The maximum atomic E-state index is 12.8. The zero-order valence-corrected chi connectivity index (χ0v) is 18.9. The van der Waals surface area contributed by atoms with Crippen molar-refractivity contribution in [2.24, 2.45) is 0 Å². The third kappa shape index (κ3) is 5.35. The summed E-state index contributed by atoms with van der Waals surface area (Å²) in [6.07, 6.45) is 0. The molecule has 0 aliphatic rings. The fraction of sp³-hybridized carbons (Fsp3) is 0.217. The summed E-state index contributed by atoms with van der Waals surface area (Å²) in [7, 11) is 0. The van der Waals surface area contributed by atoms with Gasteiger partial charge in [-0.15, -0.1) is 0 Å². The first-order chi connectivity index (χ1) is 14.6. The number of rotatable bonds is 5. The van der Waals surface area contributed by atoms with Gasteiger partial charge < -0.3 is 10.6 Å². The predicted octanol–water partition coefficient (Wildman–Crippen LogP) is 5.48. The van der Waals surface area contributed by atoms with E-state index < -0.39 is 6.03 Å². The van der Waals surface area contributed by atoms with Crippen LogP contribution in [0, 0.1) is 27.7 Å². The van der Waals surface area contributed by atoms with E-state index in [1.165, 1.54) is 6.92 Å². The molecule has 1 aromatic heterocycles. The van der Waals surface area contributed by atoms with E-state index in [9.17, 15) is 14.4 Å². The molecule has 7 nitrogen and oxygen atoms in total. The summed E-state index contributed by atoms with van der Waals surface area (Å²) in [6.45, 7) is 9.10. The zero-order valence-electron chi connectivity index (χ0n) is 18.0. The van der Waals surface area contributed by atoms with Crippen LogP contribution in [-0.4, -0.2) is 22.7 Å². The number of aryl methyl sites for hydroxylation is 4. The molecule has 0 bridgehead atoms. The Labute approximate surface area is 184 Å². The van der Waals surface area contributed by atoms with E-state index in [4.69, 9.17) is 0 Å². The van der Waals surface area contributed by atoms with E-state index in [0.29, 0.717) is 27.0 Å². The maximum absolute atomic E-state index is 12.8. The molecular formula is C23H24N4O3S. The fourth-order valence-electron chi connectivity index (χ4n) is 3.28. The molecule has 0 unspecified atom stereocenters. The number of amides is 3. The van der Waals surface area contributed by atoms with Crippen molar-refractivity contribution < 1.29 is 14.4 Å². The quantitative estimate of drug-likeness (QED) is 0.461. The van der Waals surface area contributed by atoms with Gasteiger partial charge in [0.1, 0.15) is 4.88 Å². The highest BCUT2D eigenvalue weighted by atomic mass is 32.1. The number of ketones is 1. The lowest BCUT2D eigenvalue weighted by Crippen LogP contribution is -2.19. The second-order valence-corrected chi connectivity index (χ2v) is 8.38. The molecule has 0 aliphatic heterocycles. The summed E-state index contributed by atoms with van der Waals surface area (Å²) < 4.78 is 0. The van der Waals surface area contributed by atoms with E-state index >= 15 is 0 Å². The summed E-state index contributed by atoms with van der Waals surface area (Å²) >= 11 is 1.10. The van der Waals surface area contributed by atoms with Crippen molar-refractivity contribution in [2.75, 3.05) is 16.0 Å². The number of hydrogen-bond donors (Lipinski definition) is 3. The zero-order chi connectivity index (χ0) is 22.7. The van der Waals surface area contributed by atoms with Crippen molar-refractivity contribution in [3.8, 4) is 0 Å². The smallest absolute Gasteiger partial charge is 0.321 e. The normalized spacial score (nSPS) is 10.5. The second kappa shape index (κ2) is 9.09. The Morgan fingerprint density at radius 1 is 0.903 bits per heavy atom. The van der Waals surface area contributed by atoms with Crippen molar-refractivity contribution in [1.29, 1.82) is 0 Å². The highest BCUT2D eigenvalue weighted by Crippen LogP contribution is 2.27. The minimum absolute atomic E-state index is 0.0886. The molecule has 8 heteroatoms. The monoisotopic (exact) mass is 436 g/mol. The largest absolute Gasteiger partial charge is 0.325 e. The number of thiazole rings is 1. The van der Waals surface area contributed by atoms with Crippen LogP contribution in [-0.2, 0) is 0 Å². The highest BCUT2D eigenvalue weighted by Gasteiger charge is 2.18. The topological polar surface area (TPSA) is 100 Å². The minimum atomic E-state index is -0.508. The lowest BCUT2D eigenvalue weighted by Gasteiger charge is -2.12. The highest BCUT2D eigenvalue weighted by molar-refractivity contribution is 7.17. The van der Waals surface area contributed by atoms with Crippen molar-refractivity contribution in [3.63, 3.8) is 0 Å². The molecule has 3 rings (SSSR count). The van der Waals surface area contributed by atoms with E-state index in [1.807, 2.05) is 32.9 Å². The molecule has 160 valence electrons. The molecule has 0 saturated carbocycles. The average Bonchev–Trinajstić information content (AvgIpc) is 3.04. The predicted molar refractivity (Wildman–Crippen MR) is 125 cm³/mol. The van der Waals surface area contributed by atoms with Crippen LogP contribution >= 0.6 is 11.3 Å². The van der Waals surface area contributed by atoms with Crippen LogP contribution in [0.15, 0.2) is 36.4 Å². The van der Waals surface area contributed by atoms with Gasteiger partial charge in [-0.2, -0.15) is 0 Å². The van der Waals surface area contributed by atoms with Crippen LogP contribution in [0.1, 0.15) is 49.3 Å². The van der Waals surface area contributed by atoms with Gasteiger partial charge in [-0.05, 0) is 57.9 Å². The Morgan fingerprint density at radius 3 is 2.23 bits per heavy atom. The SMILES string of the molecule is CC(=O)c1cccc(NC(=O)Nc2nc(C)c(C(=O)Nc3c(C)cc(C)cc3C)s2)c1. The van der Waals surface area contributed by atoms with Gasteiger partial charge in [0.05, 0.1) is 5.69 Å². The lowest BCUT2D eigenvalue weighted by molar-refractivity contribution is 0.101. The third-order valence-electron chi connectivity index (χ3n) is 4.67. The second-order valence-electron chi connectivity index (χ2n) is 7.38. The fourth-order valence-corrected chi connectivity index (χ4v) is 4.14. The maximum Gasteiger partial charge on any atom is 0.325 e. The molecule has 2 aromatic carbocycles. The van der Waals surface area contributed by atoms with Crippen LogP contribution in [0.3, 0.4) is 0 Å². The van der Waals surface area contributed by atoms with Crippen molar-refractivity contribution in [1.82, 2.24) is 4.98 Å². The van der Waals surface area contributed by atoms with Crippen LogP contribution in [0.4, 0.5) is 21.3 Å². The minimum Gasteiger partial charge on any atom is -0.321 e. The summed E-state index contributed by atoms with van der Waals surface area (Å²) in [5, 5.41) is 8.57. The molecule has 0 atom stereocenters. The van der Waals surface area contributed by atoms with E-state index in [0.717, 1.165) is 33.7 Å². The lowest BCUT2D eigenvalue weighted by atomic mass is 10.1. The van der Waals surface area contributed by atoms with Crippen LogP contribution < -0.4 is 16.0 Å². The Balaban J connectivity index is 1.70. The van der Waals surface area contributed by atoms with Gasteiger partial charge in [-0.3, -0.25) is 14.9 Å². The standard InChI is InChI=1S/C23H24N4O3S/c1-12-9-13(2)19(14(3)10-12)26-21(29)20-15(4)24-23(31-20)27-22(30)25-18-8-6-7-17(11-18)16(5)28/h6-11H,1-5H3,(H,26,29)(H2,24,25,27,30). The van der Waals surface area contributed by atoms with Crippen molar-refractivity contribution in [2.45, 2.75) is 34.6 Å². The Hall–Kier alpha value is -3.52. The molecule has 0 saturated heterocycles. The number of nitrogens with zero attached hydrogens (tertiary/aromatic N) is 1. The van der Waals surface area contributed by atoms with Crippen molar-refractivity contribution >= 4 is 45.6 Å². The molecule has 3 amide bonds. The summed E-state index contributed by atoms with van der Waals surface area (Å²) in [6, 6.07) is 10.2. The first-order valence-corrected chi connectivity index (χ1v) is 10.5. The number of aromatic nitrogens is 1. The Kier molecular flexibility index (Phi) is 6.50. The number of anilines is 3. The summed E-state index contributed by atoms with van der Waals surface area (Å²) in [5.74, 6) is -0.359. The molecule has 3 aromatic rings. The molecule has 31 heavy (non-hydrogen) atoms. The van der Waals surface area contributed by atoms with Gasteiger partial charge in [-0.25, -0.2) is 9.78 Å². The number of carbonyl (C=O) groups is 3. The Bertz CT molecular complexity index is 1160. The average molecular weight is 437 g/mol. The van der Waals surface area contributed by atoms with Crippen LogP contribution in [0.2, 0.25) is 0 Å². The number of urea groups is 1. The molecule has 0 fully saturated rings. The molecule has 0 aliphatic carbocycles. The van der Waals surface area contributed by atoms with E-state index in [1.54, 1.807) is 31.2 Å². The van der Waals surface area contributed by atoms with Gasteiger partial charge >= 0.3 is 6.03 Å². The number of benzene rings is 2. The molecule has 1 heterocycles. The number of carbonyl (C=O) groups excluding carboxylic acids is 3.